The van der Waals surface area contributed by atoms with Gasteiger partial charge in [-0.05, 0) is 61.8 Å². The second-order valence-electron chi connectivity index (χ2n) is 5.12. The van der Waals surface area contributed by atoms with Crippen LogP contribution >= 0.6 is 15.9 Å². The standard InChI is InChI=1S/C14H18BrF2N/c1-14(2,3)18-9-5-4-6-10-12(16)8-7-11(15)13(10)17/h4,6-8,18H,5,9H2,1-3H3/b6-4+. The minimum atomic E-state index is -0.560. The van der Waals surface area contributed by atoms with Gasteiger partial charge in [0.25, 0.3) is 0 Å². The molecule has 0 fully saturated rings. The van der Waals surface area contributed by atoms with Gasteiger partial charge in [0, 0.05) is 11.1 Å². The lowest BCUT2D eigenvalue weighted by Gasteiger charge is -2.19. The van der Waals surface area contributed by atoms with E-state index in [1.165, 1.54) is 18.2 Å². The third-order valence-electron chi connectivity index (χ3n) is 2.33. The molecule has 0 aromatic heterocycles. The highest BCUT2D eigenvalue weighted by atomic mass is 79.9. The Morgan fingerprint density at radius 1 is 1.28 bits per heavy atom. The Bertz CT molecular complexity index is 436. The van der Waals surface area contributed by atoms with Crippen molar-refractivity contribution in [3.05, 3.63) is 39.9 Å². The van der Waals surface area contributed by atoms with Crippen molar-refractivity contribution in [3.63, 3.8) is 0 Å². The van der Waals surface area contributed by atoms with Gasteiger partial charge in [0.15, 0.2) is 0 Å². The average Bonchev–Trinajstić information content (AvgIpc) is 2.26. The summed E-state index contributed by atoms with van der Waals surface area (Å²) in [6, 6.07) is 2.61. The Labute approximate surface area is 115 Å². The minimum absolute atomic E-state index is 0.000124. The van der Waals surface area contributed by atoms with Gasteiger partial charge in [-0.2, -0.15) is 0 Å². The van der Waals surface area contributed by atoms with Crippen LogP contribution in [0.3, 0.4) is 0 Å². The van der Waals surface area contributed by atoms with Crippen molar-refractivity contribution in [2.75, 3.05) is 6.54 Å². The summed E-state index contributed by atoms with van der Waals surface area (Å²) in [5.74, 6) is -1.11. The zero-order chi connectivity index (χ0) is 13.8. The maximum Gasteiger partial charge on any atom is 0.147 e. The van der Waals surface area contributed by atoms with Crippen molar-refractivity contribution >= 4 is 22.0 Å². The Balaban J connectivity index is 2.60. The van der Waals surface area contributed by atoms with Gasteiger partial charge in [-0.1, -0.05) is 12.2 Å². The molecule has 1 aromatic carbocycles. The monoisotopic (exact) mass is 317 g/mol. The molecule has 0 aliphatic rings. The van der Waals surface area contributed by atoms with Crippen molar-refractivity contribution in [2.24, 2.45) is 0 Å². The molecule has 0 atom stereocenters. The highest BCUT2D eigenvalue weighted by Crippen LogP contribution is 2.22. The molecular formula is C14H18BrF2N. The summed E-state index contributed by atoms with van der Waals surface area (Å²) < 4.78 is 27.3. The Morgan fingerprint density at radius 2 is 1.94 bits per heavy atom. The van der Waals surface area contributed by atoms with Crippen LogP contribution in [0.1, 0.15) is 32.8 Å². The molecule has 0 saturated carbocycles. The molecular weight excluding hydrogens is 300 g/mol. The fourth-order valence-electron chi connectivity index (χ4n) is 1.43. The molecule has 0 spiro atoms. The first kappa shape index (κ1) is 15.3. The van der Waals surface area contributed by atoms with Crippen LogP contribution in [0.25, 0.3) is 6.08 Å². The number of halogens is 3. The predicted molar refractivity (Wildman–Crippen MR) is 75.5 cm³/mol. The van der Waals surface area contributed by atoms with Crippen LogP contribution in [-0.2, 0) is 0 Å². The summed E-state index contributed by atoms with van der Waals surface area (Å²) in [7, 11) is 0. The van der Waals surface area contributed by atoms with E-state index in [9.17, 15) is 8.78 Å². The lowest BCUT2D eigenvalue weighted by atomic mass is 10.1. The number of hydrogen-bond donors (Lipinski definition) is 1. The molecule has 1 nitrogen and oxygen atoms in total. The van der Waals surface area contributed by atoms with Crippen molar-refractivity contribution in [1.82, 2.24) is 5.32 Å². The molecule has 0 unspecified atom stereocenters. The van der Waals surface area contributed by atoms with Gasteiger partial charge in [0.05, 0.1) is 4.47 Å². The largest absolute Gasteiger partial charge is 0.312 e. The molecule has 4 heteroatoms. The number of nitrogens with one attached hydrogen (secondary N) is 1. The first-order valence-electron chi connectivity index (χ1n) is 5.86. The van der Waals surface area contributed by atoms with Crippen LogP contribution < -0.4 is 5.32 Å². The molecule has 18 heavy (non-hydrogen) atoms. The van der Waals surface area contributed by atoms with Crippen molar-refractivity contribution in [3.8, 4) is 0 Å². The third kappa shape index (κ3) is 4.86. The fraction of sp³-hybridized carbons (Fsp3) is 0.429. The van der Waals surface area contributed by atoms with Crippen molar-refractivity contribution < 1.29 is 8.78 Å². The Morgan fingerprint density at radius 3 is 2.56 bits per heavy atom. The molecule has 0 aliphatic carbocycles. The lowest BCUT2D eigenvalue weighted by molar-refractivity contribution is 0.431. The van der Waals surface area contributed by atoms with Gasteiger partial charge < -0.3 is 5.32 Å². The average molecular weight is 318 g/mol. The number of benzene rings is 1. The van der Waals surface area contributed by atoms with Crippen LogP contribution in [-0.4, -0.2) is 12.1 Å². The van der Waals surface area contributed by atoms with E-state index in [0.29, 0.717) is 0 Å². The second kappa shape index (κ2) is 6.43. The molecule has 1 rings (SSSR count). The smallest absolute Gasteiger partial charge is 0.147 e. The second-order valence-corrected chi connectivity index (χ2v) is 5.98. The topological polar surface area (TPSA) is 12.0 Å². The van der Waals surface area contributed by atoms with E-state index < -0.39 is 11.6 Å². The lowest BCUT2D eigenvalue weighted by Crippen LogP contribution is -2.36. The van der Waals surface area contributed by atoms with Crippen LogP contribution in [0.2, 0.25) is 0 Å². The zero-order valence-corrected chi connectivity index (χ0v) is 12.4. The maximum absolute atomic E-state index is 13.6. The molecule has 0 amide bonds. The van der Waals surface area contributed by atoms with Gasteiger partial charge >= 0.3 is 0 Å². The highest BCUT2D eigenvalue weighted by molar-refractivity contribution is 9.10. The SMILES string of the molecule is CC(C)(C)NCC/C=C/c1c(F)ccc(Br)c1F. The maximum atomic E-state index is 13.6. The summed E-state index contributed by atoms with van der Waals surface area (Å²) in [5.41, 5.74) is 0.0558. The van der Waals surface area contributed by atoms with Crippen LogP contribution in [0.5, 0.6) is 0 Å². The van der Waals surface area contributed by atoms with Gasteiger partial charge in [-0.3, -0.25) is 0 Å². The Hall–Kier alpha value is -0.740. The molecule has 0 bridgehead atoms. The summed E-state index contributed by atoms with van der Waals surface area (Å²) in [5, 5.41) is 3.30. The predicted octanol–water partition coefficient (Wildman–Crippen LogP) is 4.52. The fourth-order valence-corrected chi connectivity index (χ4v) is 1.77. The van der Waals surface area contributed by atoms with E-state index in [1.807, 2.05) is 0 Å². The molecule has 1 N–H and O–H groups in total. The quantitative estimate of drug-likeness (QED) is 0.636. The first-order chi connectivity index (χ1) is 8.31. The Kier molecular flexibility index (Phi) is 5.47. The zero-order valence-electron chi connectivity index (χ0n) is 10.9. The van der Waals surface area contributed by atoms with Crippen molar-refractivity contribution in [2.45, 2.75) is 32.7 Å². The number of rotatable bonds is 4. The van der Waals surface area contributed by atoms with E-state index >= 15 is 0 Å². The molecule has 0 aliphatic heterocycles. The van der Waals surface area contributed by atoms with Gasteiger partial charge in [0.2, 0.25) is 0 Å². The molecule has 0 radical (unpaired) electrons. The summed E-state index contributed by atoms with van der Waals surface area (Å²) in [4.78, 5) is 0. The van der Waals surface area contributed by atoms with Crippen LogP contribution in [0.4, 0.5) is 8.78 Å². The summed E-state index contributed by atoms with van der Waals surface area (Å²) >= 11 is 3.04. The van der Waals surface area contributed by atoms with Gasteiger partial charge in [-0.15, -0.1) is 0 Å². The highest BCUT2D eigenvalue weighted by Gasteiger charge is 2.09. The number of hydrogen-bond acceptors (Lipinski definition) is 1. The van der Waals surface area contributed by atoms with Crippen molar-refractivity contribution in [1.29, 1.82) is 0 Å². The van der Waals surface area contributed by atoms with Gasteiger partial charge in [-0.25, -0.2) is 8.78 Å². The third-order valence-corrected chi connectivity index (χ3v) is 2.94. The van der Waals surface area contributed by atoms with E-state index in [1.54, 1.807) is 6.08 Å². The first-order valence-corrected chi connectivity index (χ1v) is 6.65. The van der Waals surface area contributed by atoms with Crippen LogP contribution in [0, 0.1) is 11.6 Å². The van der Waals surface area contributed by atoms with E-state index in [-0.39, 0.29) is 15.6 Å². The van der Waals surface area contributed by atoms with E-state index in [2.05, 4.69) is 42.0 Å². The van der Waals surface area contributed by atoms with Crippen LogP contribution in [0.15, 0.2) is 22.7 Å². The van der Waals surface area contributed by atoms with E-state index in [0.717, 1.165) is 13.0 Å². The summed E-state index contributed by atoms with van der Waals surface area (Å²) in [6.45, 7) is 7.00. The normalized spacial score (nSPS) is 12.3. The molecule has 1 aromatic rings. The molecule has 0 heterocycles. The minimum Gasteiger partial charge on any atom is -0.312 e. The molecule has 0 saturated heterocycles. The van der Waals surface area contributed by atoms with E-state index in [4.69, 9.17) is 0 Å². The van der Waals surface area contributed by atoms with Gasteiger partial charge in [0.1, 0.15) is 11.6 Å². The molecule has 100 valence electrons. The summed E-state index contributed by atoms with van der Waals surface area (Å²) in [6.07, 6.45) is 3.98.